The minimum Gasteiger partial charge on any atom is -0.490 e. The summed E-state index contributed by atoms with van der Waals surface area (Å²) in [6, 6.07) is 6.10. The zero-order valence-corrected chi connectivity index (χ0v) is 16.8. The number of unbranched alkanes of at least 4 members (excludes halogenated alkanes) is 1. The number of benzene rings is 1. The summed E-state index contributed by atoms with van der Waals surface area (Å²) in [5.41, 5.74) is 1.20. The first-order chi connectivity index (χ1) is 12.7. The highest BCUT2D eigenvalue weighted by Crippen LogP contribution is 2.28. The van der Waals surface area contributed by atoms with Crippen molar-refractivity contribution in [2.75, 3.05) is 46.6 Å². The van der Waals surface area contributed by atoms with Crippen LogP contribution in [0.1, 0.15) is 39.2 Å². The van der Waals surface area contributed by atoms with Crippen LogP contribution >= 0.6 is 0 Å². The van der Waals surface area contributed by atoms with Crippen molar-refractivity contribution in [2.45, 2.75) is 40.0 Å². The highest BCUT2D eigenvalue weighted by Gasteiger charge is 2.06. The second kappa shape index (κ2) is 14.2. The van der Waals surface area contributed by atoms with E-state index in [0.29, 0.717) is 19.8 Å². The predicted octanol–water partition coefficient (Wildman–Crippen LogP) is 3.01. The van der Waals surface area contributed by atoms with Gasteiger partial charge in [-0.05, 0) is 44.4 Å². The summed E-state index contributed by atoms with van der Waals surface area (Å²) in [4.78, 5) is 4.23. The molecule has 0 amide bonds. The average Bonchev–Trinajstić information content (AvgIpc) is 2.65. The van der Waals surface area contributed by atoms with Gasteiger partial charge < -0.3 is 24.8 Å². The third-order valence-electron chi connectivity index (χ3n) is 3.72. The highest BCUT2D eigenvalue weighted by molar-refractivity contribution is 5.79. The van der Waals surface area contributed by atoms with E-state index in [0.717, 1.165) is 56.4 Å². The molecule has 0 radical (unpaired) electrons. The Morgan fingerprint density at radius 2 is 1.69 bits per heavy atom. The summed E-state index contributed by atoms with van der Waals surface area (Å²) in [6.45, 7) is 10.4. The van der Waals surface area contributed by atoms with Crippen LogP contribution in [0.25, 0.3) is 0 Å². The molecular formula is C20H35N3O3. The lowest BCUT2D eigenvalue weighted by Gasteiger charge is -2.14. The third kappa shape index (κ3) is 8.94. The van der Waals surface area contributed by atoms with E-state index >= 15 is 0 Å². The molecule has 0 spiro atoms. The monoisotopic (exact) mass is 365 g/mol. The lowest BCUT2D eigenvalue weighted by molar-refractivity contribution is 0.136. The van der Waals surface area contributed by atoms with Crippen molar-refractivity contribution in [1.82, 2.24) is 10.6 Å². The van der Waals surface area contributed by atoms with Gasteiger partial charge in [0.25, 0.3) is 0 Å². The molecule has 0 aliphatic heterocycles. The first kappa shape index (κ1) is 22.1. The summed E-state index contributed by atoms with van der Waals surface area (Å²) >= 11 is 0. The quantitative estimate of drug-likeness (QED) is 0.320. The van der Waals surface area contributed by atoms with Crippen molar-refractivity contribution < 1.29 is 14.2 Å². The number of guanidine groups is 1. The average molecular weight is 366 g/mol. The van der Waals surface area contributed by atoms with Gasteiger partial charge in [-0.2, -0.15) is 0 Å². The number of aliphatic imine (C=N–C) groups is 1. The van der Waals surface area contributed by atoms with Gasteiger partial charge in [-0.25, -0.2) is 0 Å². The van der Waals surface area contributed by atoms with Gasteiger partial charge in [0.15, 0.2) is 17.5 Å². The van der Waals surface area contributed by atoms with Gasteiger partial charge in [0.2, 0.25) is 0 Å². The summed E-state index contributed by atoms with van der Waals surface area (Å²) < 4.78 is 16.8. The Kier molecular flexibility index (Phi) is 12.1. The molecule has 6 nitrogen and oxygen atoms in total. The van der Waals surface area contributed by atoms with Crippen molar-refractivity contribution in [2.24, 2.45) is 4.99 Å². The number of hydrogen-bond donors (Lipinski definition) is 2. The molecule has 1 aromatic carbocycles. The molecule has 0 aliphatic carbocycles. The lowest BCUT2D eigenvalue weighted by atomic mass is 10.1. The molecule has 26 heavy (non-hydrogen) atoms. The van der Waals surface area contributed by atoms with Crippen molar-refractivity contribution >= 4 is 5.96 Å². The van der Waals surface area contributed by atoms with E-state index in [9.17, 15) is 0 Å². The number of ether oxygens (including phenoxy) is 3. The fraction of sp³-hybridized carbons (Fsp3) is 0.650. The molecule has 0 fully saturated rings. The molecule has 148 valence electrons. The largest absolute Gasteiger partial charge is 0.490 e. The summed E-state index contributed by atoms with van der Waals surface area (Å²) in [7, 11) is 1.78. The van der Waals surface area contributed by atoms with E-state index in [-0.39, 0.29) is 0 Å². The molecule has 6 heteroatoms. The smallest absolute Gasteiger partial charge is 0.191 e. The van der Waals surface area contributed by atoms with Gasteiger partial charge in [-0.3, -0.25) is 4.99 Å². The normalized spacial score (nSPS) is 11.3. The number of rotatable bonds is 13. The first-order valence-corrected chi connectivity index (χ1v) is 9.65. The fourth-order valence-electron chi connectivity index (χ4n) is 2.39. The van der Waals surface area contributed by atoms with Gasteiger partial charge in [0.05, 0.1) is 19.8 Å². The number of hydrogen-bond acceptors (Lipinski definition) is 4. The Bertz CT molecular complexity index is 521. The van der Waals surface area contributed by atoms with Crippen LogP contribution in [0.2, 0.25) is 0 Å². The molecule has 0 saturated carbocycles. The van der Waals surface area contributed by atoms with Crippen LogP contribution in [0.15, 0.2) is 23.2 Å². The van der Waals surface area contributed by atoms with E-state index in [4.69, 9.17) is 14.2 Å². The van der Waals surface area contributed by atoms with Crippen LogP contribution in [0.3, 0.4) is 0 Å². The SMILES string of the molecule is CCCCOCCNC(=NC)NCCc1ccc(OCC)c(OCC)c1. The number of nitrogens with zero attached hydrogens (tertiary/aromatic N) is 1. The van der Waals surface area contributed by atoms with Crippen LogP contribution in [0.4, 0.5) is 0 Å². The van der Waals surface area contributed by atoms with E-state index in [1.807, 2.05) is 26.0 Å². The van der Waals surface area contributed by atoms with E-state index in [1.165, 1.54) is 5.56 Å². The van der Waals surface area contributed by atoms with Gasteiger partial charge >= 0.3 is 0 Å². The molecule has 0 unspecified atom stereocenters. The third-order valence-corrected chi connectivity index (χ3v) is 3.72. The highest BCUT2D eigenvalue weighted by atomic mass is 16.5. The van der Waals surface area contributed by atoms with Gasteiger partial charge in [0, 0.05) is 26.7 Å². The van der Waals surface area contributed by atoms with Crippen LogP contribution < -0.4 is 20.1 Å². The molecular weight excluding hydrogens is 330 g/mol. The maximum absolute atomic E-state index is 5.68. The van der Waals surface area contributed by atoms with E-state index < -0.39 is 0 Å². The Morgan fingerprint density at radius 3 is 2.38 bits per heavy atom. The van der Waals surface area contributed by atoms with Gasteiger partial charge in [0.1, 0.15) is 0 Å². The summed E-state index contributed by atoms with van der Waals surface area (Å²) in [5, 5.41) is 6.58. The van der Waals surface area contributed by atoms with E-state index in [1.54, 1.807) is 7.05 Å². The molecule has 0 atom stereocenters. The summed E-state index contributed by atoms with van der Waals surface area (Å²) in [5.74, 6) is 2.39. The molecule has 0 aromatic heterocycles. The minimum atomic E-state index is 0.624. The van der Waals surface area contributed by atoms with Crippen LogP contribution in [-0.4, -0.2) is 52.5 Å². The Morgan fingerprint density at radius 1 is 0.962 bits per heavy atom. The maximum atomic E-state index is 5.68. The lowest BCUT2D eigenvalue weighted by Crippen LogP contribution is -2.39. The second-order valence-electron chi connectivity index (χ2n) is 5.79. The Balaban J connectivity index is 2.37. The standard InChI is InChI=1S/C20H35N3O3/c1-5-8-14-24-15-13-23-20(21-4)22-12-11-17-9-10-18(25-6-2)19(16-17)26-7-3/h9-10,16H,5-8,11-15H2,1-4H3,(H2,21,22,23). The number of nitrogens with one attached hydrogen (secondary N) is 2. The molecule has 1 rings (SSSR count). The van der Waals surface area contributed by atoms with Crippen LogP contribution in [0.5, 0.6) is 11.5 Å². The predicted molar refractivity (Wildman–Crippen MR) is 108 cm³/mol. The van der Waals surface area contributed by atoms with Crippen LogP contribution in [-0.2, 0) is 11.2 Å². The van der Waals surface area contributed by atoms with Crippen molar-refractivity contribution in [3.05, 3.63) is 23.8 Å². The molecule has 0 saturated heterocycles. The summed E-state index contributed by atoms with van der Waals surface area (Å²) in [6.07, 6.45) is 3.15. The molecule has 2 N–H and O–H groups in total. The fourth-order valence-corrected chi connectivity index (χ4v) is 2.39. The second-order valence-corrected chi connectivity index (χ2v) is 5.79. The van der Waals surface area contributed by atoms with Gasteiger partial charge in [-0.1, -0.05) is 19.4 Å². The Hall–Kier alpha value is -1.95. The van der Waals surface area contributed by atoms with Crippen LogP contribution in [0, 0.1) is 0 Å². The zero-order valence-electron chi connectivity index (χ0n) is 16.8. The molecule has 0 aliphatic rings. The molecule has 0 heterocycles. The zero-order chi connectivity index (χ0) is 19.0. The molecule has 0 bridgehead atoms. The van der Waals surface area contributed by atoms with Crippen molar-refractivity contribution in [1.29, 1.82) is 0 Å². The first-order valence-electron chi connectivity index (χ1n) is 9.65. The minimum absolute atomic E-state index is 0.624. The van der Waals surface area contributed by atoms with E-state index in [2.05, 4.69) is 28.6 Å². The maximum Gasteiger partial charge on any atom is 0.191 e. The van der Waals surface area contributed by atoms with Crippen molar-refractivity contribution in [3.63, 3.8) is 0 Å². The van der Waals surface area contributed by atoms with Gasteiger partial charge in [-0.15, -0.1) is 0 Å². The molecule has 1 aromatic rings. The van der Waals surface area contributed by atoms with Crippen molar-refractivity contribution in [3.8, 4) is 11.5 Å². The topological polar surface area (TPSA) is 64.1 Å². The Labute approximate surface area is 158 Å².